The zero-order chi connectivity index (χ0) is 14.4. The average molecular weight is 275 g/mol. The first-order valence-corrected chi connectivity index (χ1v) is 7.52. The van der Waals surface area contributed by atoms with Gasteiger partial charge in [0, 0.05) is 18.8 Å². The highest BCUT2D eigenvalue weighted by Gasteiger charge is 2.24. The number of anilines is 1. The molecule has 1 fully saturated rings. The number of rotatable bonds is 8. The molecular weight excluding hydrogens is 250 g/mol. The summed E-state index contributed by atoms with van der Waals surface area (Å²) in [7, 11) is 0. The molecule has 0 unspecified atom stereocenters. The van der Waals surface area contributed by atoms with Crippen molar-refractivity contribution in [1.82, 2.24) is 4.90 Å². The molecule has 0 radical (unpaired) electrons. The molecule has 1 saturated carbocycles. The predicted octanol–water partition coefficient (Wildman–Crippen LogP) is 2.21. The molecule has 1 aliphatic carbocycles. The lowest BCUT2D eigenvalue weighted by Gasteiger charge is -2.20. The van der Waals surface area contributed by atoms with Crippen LogP contribution in [0.5, 0.6) is 0 Å². The van der Waals surface area contributed by atoms with E-state index in [0.717, 1.165) is 36.7 Å². The molecule has 0 aliphatic heterocycles. The second-order valence-corrected chi connectivity index (χ2v) is 5.63. The Morgan fingerprint density at radius 3 is 2.90 bits per heavy atom. The molecule has 0 spiro atoms. The molecule has 0 aromatic heterocycles. The van der Waals surface area contributed by atoms with E-state index in [2.05, 4.69) is 17.1 Å². The third-order valence-corrected chi connectivity index (χ3v) is 3.57. The SMILES string of the molecule is CCCN(CC(=O)Nc1cccc(CN)c1)CC1CC1. The van der Waals surface area contributed by atoms with Gasteiger partial charge in [-0.3, -0.25) is 9.69 Å². The van der Waals surface area contributed by atoms with Gasteiger partial charge in [0.15, 0.2) is 0 Å². The van der Waals surface area contributed by atoms with Crippen LogP contribution in [0, 0.1) is 5.92 Å². The summed E-state index contributed by atoms with van der Waals surface area (Å²) in [6.07, 6.45) is 3.73. The van der Waals surface area contributed by atoms with Crippen LogP contribution in [-0.4, -0.2) is 30.4 Å². The first-order chi connectivity index (χ1) is 9.71. The minimum absolute atomic E-state index is 0.0632. The minimum Gasteiger partial charge on any atom is -0.326 e. The predicted molar refractivity (Wildman–Crippen MR) is 82.4 cm³/mol. The van der Waals surface area contributed by atoms with Crippen molar-refractivity contribution < 1.29 is 4.79 Å². The molecule has 1 aliphatic rings. The van der Waals surface area contributed by atoms with E-state index in [0.29, 0.717) is 13.1 Å². The van der Waals surface area contributed by atoms with Crippen LogP contribution < -0.4 is 11.1 Å². The molecule has 0 atom stereocenters. The summed E-state index contributed by atoms with van der Waals surface area (Å²) >= 11 is 0. The topological polar surface area (TPSA) is 58.4 Å². The van der Waals surface area contributed by atoms with Gasteiger partial charge >= 0.3 is 0 Å². The van der Waals surface area contributed by atoms with E-state index in [-0.39, 0.29) is 5.91 Å². The molecule has 110 valence electrons. The van der Waals surface area contributed by atoms with E-state index in [4.69, 9.17) is 5.73 Å². The highest BCUT2D eigenvalue weighted by molar-refractivity contribution is 5.92. The van der Waals surface area contributed by atoms with E-state index in [9.17, 15) is 4.79 Å². The van der Waals surface area contributed by atoms with Gasteiger partial charge in [-0.15, -0.1) is 0 Å². The maximum Gasteiger partial charge on any atom is 0.238 e. The fourth-order valence-corrected chi connectivity index (χ4v) is 2.40. The largest absolute Gasteiger partial charge is 0.326 e. The van der Waals surface area contributed by atoms with Gasteiger partial charge in [-0.2, -0.15) is 0 Å². The molecule has 1 aromatic carbocycles. The molecule has 1 amide bonds. The number of nitrogens with two attached hydrogens (primary N) is 1. The number of nitrogens with one attached hydrogen (secondary N) is 1. The van der Waals surface area contributed by atoms with Crippen LogP contribution in [0.25, 0.3) is 0 Å². The number of amides is 1. The summed E-state index contributed by atoms with van der Waals surface area (Å²) < 4.78 is 0. The van der Waals surface area contributed by atoms with Crippen molar-refractivity contribution in [2.45, 2.75) is 32.7 Å². The molecule has 1 aromatic rings. The monoisotopic (exact) mass is 275 g/mol. The standard InChI is InChI=1S/C16H25N3O/c1-2-8-19(11-13-6-7-13)12-16(20)18-15-5-3-4-14(9-15)10-17/h3-5,9,13H,2,6-8,10-12,17H2,1H3,(H,18,20). The van der Waals surface area contributed by atoms with E-state index in [1.165, 1.54) is 12.8 Å². The Labute approximate surface area is 121 Å². The van der Waals surface area contributed by atoms with Crippen molar-refractivity contribution >= 4 is 11.6 Å². The lowest BCUT2D eigenvalue weighted by molar-refractivity contribution is -0.117. The fraction of sp³-hybridized carbons (Fsp3) is 0.562. The molecular formula is C16H25N3O. The Morgan fingerprint density at radius 1 is 1.45 bits per heavy atom. The van der Waals surface area contributed by atoms with Gasteiger partial charge in [0.1, 0.15) is 0 Å². The summed E-state index contributed by atoms with van der Waals surface area (Å²) in [5.74, 6) is 0.878. The Bertz CT molecular complexity index is 443. The number of hydrogen-bond donors (Lipinski definition) is 2. The van der Waals surface area contributed by atoms with Crippen LogP contribution in [0.4, 0.5) is 5.69 Å². The van der Waals surface area contributed by atoms with E-state index >= 15 is 0 Å². The average Bonchev–Trinajstić information content (AvgIpc) is 3.23. The summed E-state index contributed by atoms with van der Waals surface area (Å²) in [6.45, 7) is 5.18. The van der Waals surface area contributed by atoms with E-state index in [1.54, 1.807) is 0 Å². The second-order valence-electron chi connectivity index (χ2n) is 5.63. The lowest BCUT2D eigenvalue weighted by Crippen LogP contribution is -2.35. The van der Waals surface area contributed by atoms with Crippen LogP contribution in [0.3, 0.4) is 0 Å². The van der Waals surface area contributed by atoms with Gasteiger partial charge in [0.25, 0.3) is 0 Å². The molecule has 4 heteroatoms. The number of carbonyl (C=O) groups excluding carboxylic acids is 1. The molecule has 20 heavy (non-hydrogen) atoms. The van der Waals surface area contributed by atoms with Gasteiger partial charge in [0.05, 0.1) is 6.54 Å². The highest BCUT2D eigenvalue weighted by Crippen LogP contribution is 2.29. The van der Waals surface area contributed by atoms with E-state index in [1.807, 2.05) is 24.3 Å². The quantitative estimate of drug-likeness (QED) is 0.764. The summed E-state index contributed by atoms with van der Waals surface area (Å²) in [5, 5.41) is 2.96. The molecule has 3 N–H and O–H groups in total. The molecule has 4 nitrogen and oxygen atoms in total. The molecule has 0 saturated heterocycles. The zero-order valence-corrected chi connectivity index (χ0v) is 12.3. The van der Waals surface area contributed by atoms with Crippen LogP contribution >= 0.6 is 0 Å². The summed E-state index contributed by atoms with van der Waals surface area (Å²) in [5.41, 5.74) is 7.48. The first-order valence-electron chi connectivity index (χ1n) is 7.52. The van der Waals surface area contributed by atoms with Crippen molar-refractivity contribution in [2.24, 2.45) is 11.7 Å². The maximum absolute atomic E-state index is 12.1. The van der Waals surface area contributed by atoms with Gasteiger partial charge < -0.3 is 11.1 Å². The number of benzene rings is 1. The van der Waals surface area contributed by atoms with Crippen molar-refractivity contribution in [3.05, 3.63) is 29.8 Å². The summed E-state index contributed by atoms with van der Waals surface area (Å²) in [6, 6.07) is 7.73. The van der Waals surface area contributed by atoms with Gasteiger partial charge in [-0.1, -0.05) is 19.1 Å². The Morgan fingerprint density at radius 2 is 2.25 bits per heavy atom. The smallest absolute Gasteiger partial charge is 0.238 e. The van der Waals surface area contributed by atoms with Gasteiger partial charge in [0.2, 0.25) is 5.91 Å². The normalized spacial score (nSPS) is 14.6. The van der Waals surface area contributed by atoms with E-state index < -0.39 is 0 Å². The van der Waals surface area contributed by atoms with Crippen molar-refractivity contribution in [2.75, 3.05) is 25.0 Å². The van der Waals surface area contributed by atoms with Crippen molar-refractivity contribution in [3.8, 4) is 0 Å². The van der Waals surface area contributed by atoms with Crippen molar-refractivity contribution in [1.29, 1.82) is 0 Å². The molecule has 2 rings (SSSR count). The van der Waals surface area contributed by atoms with Gasteiger partial charge in [-0.25, -0.2) is 0 Å². The maximum atomic E-state index is 12.1. The minimum atomic E-state index is 0.0632. The number of hydrogen-bond acceptors (Lipinski definition) is 3. The van der Waals surface area contributed by atoms with Crippen LogP contribution in [0.1, 0.15) is 31.7 Å². The Balaban J connectivity index is 1.85. The number of carbonyl (C=O) groups is 1. The summed E-state index contributed by atoms with van der Waals surface area (Å²) in [4.78, 5) is 14.4. The van der Waals surface area contributed by atoms with Gasteiger partial charge in [-0.05, 0) is 49.4 Å². The van der Waals surface area contributed by atoms with Crippen LogP contribution in [-0.2, 0) is 11.3 Å². The zero-order valence-electron chi connectivity index (χ0n) is 12.3. The molecule has 0 heterocycles. The highest BCUT2D eigenvalue weighted by atomic mass is 16.2. The Hall–Kier alpha value is -1.39. The second kappa shape index (κ2) is 7.41. The number of nitrogens with zero attached hydrogens (tertiary/aromatic N) is 1. The van der Waals surface area contributed by atoms with Crippen molar-refractivity contribution in [3.63, 3.8) is 0 Å². The van der Waals surface area contributed by atoms with Crippen LogP contribution in [0.2, 0.25) is 0 Å². The Kier molecular flexibility index (Phi) is 5.56. The molecule has 0 bridgehead atoms. The lowest BCUT2D eigenvalue weighted by atomic mass is 10.2. The third-order valence-electron chi connectivity index (χ3n) is 3.57. The third kappa shape index (κ3) is 4.94. The van der Waals surface area contributed by atoms with Crippen LogP contribution in [0.15, 0.2) is 24.3 Å². The fourth-order valence-electron chi connectivity index (χ4n) is 2.40. The first kappa shape index (κ1) is 15.0.